The van der Waals surface area contributed by atoms with Gasteiger partial charge in [0.15, 0.2) is 6.29 Å². The van der Waals surface area contributed by atoms with Crippen LogP contribution < -0.4 is 0 Å². The fourth-order valence-corrected chi connectivity index (χ4v) is 5.85. The monoisotopic (exact) mass is 748 g/mol. The zero-order valence-corrected chi connectivity index (χ0v) is 34.7. The molecule has 0 aromatic heterocycles. The van der Waals surface area contributed by atoms with Crippen molar-refractivity contribution >= 4 is 11.9 Å². The fourth-order valence-electron chi connectivity index (χ4n) is 5.85. The Morgan fingerprint density at radius 1 is 0.509 bits per heavy atom. The van der Waals surface area contributed by atoms with Crippen molar-refractivity contribution in [3.63, 3.8) is 0 Å². The third kappa shape index (κ3) is 39.4. The van der Waals surface area contributed by atoms with Gasteiger partial charge >= 0.3 is 11.9 Å². The van der Waals surface area contributed by atoms with E-state index in [1.807, 2.05) is 0 Å². The first-order chi connectivity index (χ1) is 26.1. The van der Waals surface area contributed by atoms with E-state index < -0.39 is 0 Å². The highest BCUT2D eigenvalue weighted by atomic mass is 16.7. The minimum Gasteiger partial charge on any atom is -0.466 e. The van der Waals surface area contributed by atoms with Gasteiger partial charge in [-0.3, -0.25) is 9.59 Å². The van der Waals surface area contributed by atoms with E-state index in [9.17, 15) is 14.7 Å². The first-order valence-corrected chi connectivity index (χ1v) is 21.9. The molecule has 8 nitrogen and oxygen atoms in total. The molecule has 53 heavy (non-hydrogen) atoms. The van der Waals surface area contributed by atoms with Gasteiger partial charge in [0.05, 0.1) is 19.8 Å². The summed E-state index contributed by atoms with van der Waals surface area (Å²) in [5, 5.41) is 9.50. The third-order valence-electron chi connectivity index (χ3n) is 9.23. The van der Waals surface area contributed by atoms with Gasteiger partial charge in [-0.2, -0.15) is 0 Å². The molecule has 8 heteroatoms. The lowest BCUT2D eigenvalue weighted by atomic mass is 10.1. The molecule has 0 aromatic rings. The van der Waals surface area contributed by atoms with Crippen molar-refractivity contribution < 1.29 is 33.6 Å². The maximum Gasteiger partial charge on any atom is 0.305 e. The predicted octanol–water partition coefficient (Wildman–Crippen LogP) is 10.3. The van der Waals surface area contributed by atoms with Crippen LogP contribution in [0, 0.1) is 23.7 Å². The number of hydrogen-bond acceptors (Lipinski definition) is 8. The maximum atomic E-state index is 12.3. The zero-order chi connectivity index (χ0) is 38.7. The molecular formula is C45H81NO7. The SMILES string of the molecule is CCCCC#CCOC(CCCCC(=O)OCCCCCCN(CCO)CCCCCCCC(=O)OCCCCCCCCC)OCC#CCCCC. The minimum atomic E-state index is -0.363. The van der Waals surface area contributed by atoms with Gasteiger partial charge in [0.25, 0.3) is 0 Å². The van der Waals surface area contributed by atoms with Crippen LogP contribution in [0.5, 0.6) is 0 Å². The van der Waals surface area contributed by atoms with E-state index in [0.29, 0.717) is 52.2 Å². The fraction of sp³-hybridized carbons (Fsp3) is 0.867. The van der Waals surface area contributed by atoms with Crippen molar-refractivity contribution in [1.82, 2.24) is 4.90 Å². The Morgan fingerprint density at radius 2 is 0.943 bits per heavy atom. The van der Waals surface area contributed by atoms with Crippen molar-refractivity contribution in [2.24, 2.45) is 0 Å². The Hall–Kier alpha value is -2.10. The van der Waals surface area contributed by atoms with E-state index in [1.54, 1.807) is 0 Å². The van der Waals surface area contributed by atoms with Crippen molar-refractivity contribution in [3.8, 4) is 23.7 Å². The second kappa shape index (κ2) is 42.6. The summed E-state index contributed by atoms with van der Waals surface area (Å²) < 4.78 is 22.6. The Morgan fingerprint density at radius 3 is 1.43 bits per heavy atom. The number of hydrogen-bond donors (Lipinski definition) is 1. The third-order valence-corrected chi connectivity index (χ3v) is 9.23. The van der Waals surface area contributed by atoms with Crippen LogP contribution in [-0.2, 0) is 28.5 Å². The largest absolute Gasteiger partial charge is 0.466 e. The standard InChI is InChI=1S/C45H81NO7/c1-4-7-10-13-14-21-28-39-50-43(48)32-23-16-15-17-26-35-46(37-38-47)36-27-18-22-29-40-51-44(49)33-24-25-34-45(52-41-30-19-11-8-5-2)53-42-31-20-12-9-6-3/h45,47H,4-18,21-29,32-42H2,1-3H3. The van der Waals surface area contributed by atoms with E-state index in [-0.39, 0.29) is 24.8 Å². The molecule has 0 rings (SSSR count). The van der Waals surface area contributed by atoms with Gasteiger partial charge in [-0.25, -0.2) is 0 Å². The molecule has 0 aliphatic heterocycles. The van der Waals surface area contributed by atoms with E-state index >= 15 is 0 Å². The van der Waals surface area contributed by atoms with Crippen LogP contribution >= 0.6 is 0 Å². The van der Waals surface area contributed by atoms with E-state index in [2.05, 4.69) is 49.4 Å². The summed E-state index contributed by atoms with van der Waals surface area (Å²) in [5.41, 5.74) is 0. The van der Waals surface area contributed by atoms with Crippen LogP contribution in [0.4, 0.5) is 0 Å². The summed E-state index contributed by atoms with van der Waals surface area (Å²) >= 11 is 0. The molecule has 308 valence electrons. The number of aliphatic hydroxyl groups is 1. The number of aliphatic hydroxyl groups excluding tert-OH is 1. The first kappa shape index (κ1) is 50.9. The molecule has 0 aliphatic carbocycles. The Kier molecular flexibility index (Phi) is 40.9. The predicted molar refractivity (Wildman–Crippen MR) is 218 cm³/mol. The average molecular weight is 748 g/mol. The molecule has 0 bridgehead atoms. The van der Waals surface area contributed by atoms with Crippen LogP contribution in [0.3, 0.4) is 0 Å². The quantitative estimate of drug-likeness (QED) is 0.0289. The van der Waals surface area contributed by atoms with Gasteiger partial charge in [-0.05, 0) is 77.3 Å². The molecule has 0 radical (unpaired) electrons. The molecule has 0 fully saturated rings. The lowest BCUT2D eigenvalue weighted by Crippen LogP contribution is -2.29. The van der Waals surface area contributed by atoms with Crippen LogP contribution in [0.15, 0.2) is 0 Å². The lowest BCUT2D eigenvalue weighted by molar-refractivity contribution is -0.145. The zero-order valence-electron chi connectivity index (χ0n) is 34.7. The lowest BCUT2D eigenvalue weighted by Gasteiger charge is -2.21. The molecule has 0 aliphatic rings. The van der Waals surface area contributed by atoms with Crippen molar-refractivity contribution in [2.75, 3.05) is 52.7 Å². The summed E-state index contributed by atoms with van der Waals surface area (Å²) in [5.74, 6) is 12.2. The summed E-state index contributed by atoms with van der Waals surface area (Å²) in [6, 6.07) is 0. The molecule has 0 unspecified atom stereocenters. The molecular weight excluding hydrogens is 666 g/mol. The Bertz CT molecular complexity index is 905. The first-order valence-electron chi connectivity index (χ1n) is 21.9. The Balaban J connectivity index is 3.91. The van der Waals surface area contributed by atoms with Gasteiger partial charge in [0, 0.05) is 32.2 Å². The molecule has 0 saturated heterocycles. The number of nitrogens with zero attached hydrogens (tertiary/aromatic N) is 1. The summed E-state index contributed by atoms with van der Waals surface area (Å²) in [6.45, 7) is 11.2. The number of carbonyl (C=O) groups is 2. The van der Waals surface area contributed by atoms with E-state index in [1.165, 1.54) is 32.1 Å². The Labute approximate surface area is 326 Å². The summed E-state index contributed by atoms with van der Waals surface area (Å²) in [6.07, 6.45) is 27.1. The van der Waals surface area contributed by atoms with Gasteiger partial charge in [-0.15, -0.1) is 11.8 Å². The molecule has 0 amide bonds. The number of ether oxygens (including phenoxy) is 4. The minimum absolute atomic E-state index is 0.0464. The smallest absolute Gasteiger partial charge is 0.305 e. The van der Waals surface area contributed by atoms with E-state index in [4.69, 9.17) is 18.9 Å². The average Bonchev–Trinajstić information content (AvgIpc) is 3.15. The van der Waals surface area contributed by atoms with Crippen LogP contribution in [0.1, 0.15) is 194 Å². The molecule has 0 aromatic carbocycles. The highest BCUT2D eigenvalue weighted by Crippen LogP contribution is 2.12. The van der Waals surface area contributed by atoms with Crippen LogP contribution in [0.2, 0.25) is 0 Å². The van der Waals surface area contributed by atoms with Crippen LogP contribution in [0.25, 0.3) is 0 Å². The van der Waals surface area contributed by atoms with Crippen LogP contribution in [-0.4, -0.2) is 80.9 Å². The summed E-state index contributed by atoms with van der Waals surface area (Å²) in [7, 11) is 0. The molecule has 1 N–H and O–H groups in total. The van der Waals surface area contributed by atoms with Crippen molar-refractivity contribution in [2.45, 2.75) is 200 Å². The molecule has 0 heterocycles. The number of esters is 2. The highest BCUT2D eigenvalue weighted by Gasteiger charge is 2.10. The van der Waals surface area contributed by atoms with E-state index in [0.717, 1.165) is 135 Å². The number of carbonyl (C=O) groups excluding carboxylic acids is 2. The van der Waals surface area contributed by atoms with Crippen molar-refractivity contribution in [3.05, 3.63) is 0 Å². The van der Waals surface area contributed by atoms with Gasteiger partial charge < -0.3 is 29.0 Å². The maximum absolute atomic E-state index is 12.3. The molecule has 0 spiro atoms. The highest BCUT2D eigenvalue weighted by molar-refractivity contribution is 5.69. The van der Waals surface area contributed by atoms with Gasteiger partial charge in [-0.1, -0.05) is 116 Å². The summed E-state index contributed by atoms with van der Waals surface area (Å²) in [4.78, 5) is 26.6. The molecule has 0 atom stereocenters. The number of unbranched alkanes of at least 4 members (excludes halogenated alkanes) is 18. The normalized spacial score (nSPS) is 11.0. The molecule has 0 saturated carbocycles. The topological polar surface area (TPSA) is 94.5 Å². The van der Waals surface area contributed by atoms with Gasteiger partial charge in [0.1, 0.15) is 13.2 Å². The second-order valence-corrected chi connectivity index (χ2v) is 14.3. The van der Waals surface area contributed by atoms with Gasteiger partial charge in [0.2, 0.25) is 0 Å². The van der Waals surface area contributed by atoms with Crippen molar-refractivity contribution in [1.29, 1.82) is 0 Å². The number of rotatable bonds is 38. The second-order valence-electron chi connectivity index (χ2n) is 14.3.